The number of methoxy groups -OCH3 is 4. The van der Waals surface area contributed by atoms with Crippen molar-refractivity contribution in [2.24, 2.45) is 4.99 Å². The van der Waals surface area contributed by atoms with Crippen molar-refractivity contribution >= 4 is 29.9 Å². The maximum Gasteiger partial charge on any atom is 0.203 e. The molecule has 1 heterocycles. The van der Waals surface area contributed by atoms with E-state index in [4.69, 9.17) is 18.9 Å². The number of ether oxygens (including phenoxy) is 4. The average molecular weight is 522 g/mol. The lowest BCUT2D eigenvalue weighted by molar-refractivity contribution is 0.171. The summed E-state index contributed by atoms with van der Waals surface area (Å²) in [6.07, 6.45) is 0. The molecule has 0 aromatic heterocycles. The summed E-state index contributed by atoms with van der Waals surface area (Å²) < 4.78 is 21.4. The highest BCUT2D eigenvalue weighted by Gasteiger charge is 2.21. The van der Waals surface area contributed by atoms with Crippen molar-refractivity contribution in [2.45, 2.75) is 13.5 Å². The first-order valence-electron chi connectivity index (χ1n) is 9.70. The van der Waals surface area contributed by atoms with Gasteiger partial charge in [-0.3, -0.25) is 9.89 Å². The molecule has 0 aliphatic carbocycles. The van der Waals surface area contributed by atoms with E-state index in [1.165, 1.54) is 0 Å². The van der Waals surface area contributed by atoms with E-state index in [1.54, 1.807) is 28.4 Å². The fraction of sp³-hybridized carbons (Fsp3) is 0.650. The third kappa shape index (κ3) is 7.38. The van der Waals surface area contributed by atoms with E-state index in [9.17, 15) is 0 Å². The van der Waals surface area contributed by atoms with E-state index in [1.807, 2.05) is 12.1 Å². The second kappa shape index (κ2) is 13.7. The van der Waals surface area contributed by atoms with Crippen LogP contribution in [0.3, 0.4) is 0 Å². The highest BCUT2D eigenvalue weighted by atomic mass is 127. The highest BCUT2D eigenvalue weighted by Crippen LogP contribution is 2.38. The summed E-state index contributed by atoms with van der Waals surface area (Å²) in [7, 11) is 6.61. The number of guanidine groups is 1. The lowest BCUT2D eigenvalue weighted by atomic mass is 10.1. The zero-order chi connectivity index (χ0) is 20.4. The van der Waals surface area contributed by atoms with Gasteiger partial charge < -0.3 is 29.2 Å². The molecular formula is C20H35IN4O4. The Morgan fingerprint density at radius 1 is 1.00 bits per heavy atom. The van der Waals surface area contributed by atoms with Crippen LogP contribution in [-0.2, 0) is 11.3 Å². The zero-order valence-corrected chi connectivity index (χ0v) is 20.5. The van der Waals surface area contributed by atoms with Gasteiger partial charge in [0.1, 0.15) is 0 Å². The fourth-order valence-electron chi connectivity index (χ4n) is 3.27. The molecule has 1 saturated heterocycles. The molecule has 1 fully saturated rings. The van der Waals surface area contributed by atoms with Crippen LogP contribution in [0, 0.1) is 0 Å². The van der Waals surface area contributed by atoms with Crippen molar-refractivity contribution in [1.82, 2.24) is 15.1 Å². The Kier molecular flexibility index (Phi) is 12.1. The Bertz CT molecular complexity index is 612. The Morgan fingerprint density at radius 3 is 2.10 bits per heavy atom. The van der Waals surface area contributed by atoms with Crippen LogP contribution in [0.2, 0.25) is 0 Å². The Hall–Kier alpha value is -1.46. The zero-order valence-electron chi connectivity index (χ0n) is 18.2. The molecule has 0 bridgehead atoms. The number of nitrogens with one attached hydrogen (secondary N) is 1. The summed E-state index contributed by atoms with van der Waals surface area (Å²) in [6, 6.07) is 4.04. The number of hydrogen-bond acceptors (Lipinski definition) is 6. The molecule has 166 valence electrons. The number of rotatable bonds is 9. The van der Waals surface area contributed by atoms with Gasteiger partial charge >= 0.3 is 0 Å². The van der Waals surface area contributed by atoms with E-state index >= 15 is 0 Å². The first-order chi connectivity index (χ1) is 13.7. The minimum absolute atomic E-state index is 0. The largest absolute Gasteiger partial charge is 0.493 e. The molecule has 1 aromatic rings. The van der Waals surface area contributed by atoms with Crippen molar-refractivity contribution < 1.29 is 18.9 Å². The van der Waals surface area contributed by atoms with Crippen molar-refractivity contribution in [3.8, 4) is 17.2 Å². The predicted molar refractivity (Wildman–Crippen MR) is 126 cm³/mol. The van der Waals surface area contributed by atoms with Crippen molar-refractivity contribution in [3.63, 3.8) is 0 Å². The van der Waals surface area contributed by atoms with Crippen LogP contribution in [-0.4, -0.2) is 90.1 Å². The molecule has 9 heteroatoms. The summed E-state index contributed by atoms with van der Waals surface area (Å²) in [5.74, 6) is 2.97. The molecule has 8 nitrogen and oxygen atoms in total. The Balaban J connectivity index is 0.00000420. The standard InChI is InChI=1S/C20H34N4O4.HI/c1-6-21-20(22-7-12-25-2)24-10-8-23(9-11-24)15-16-13-17(26-3)19(28-5)18(14-16)27-4;/h13-14H,6-12,15H2,1-5H3,(H,21,22);1H. The second-order valence-corrected chi connectivity index (χ2v) is 6.53. The van der Waals surface area contributed by atoms with Gasteiger partial charge in [0.25, 0.3) is 0 Å². The first-order valence-corrected chi connectivity index (χ1v) is 9.70. The van der Waals surface area contributed by atoms with Crippen LogP contribution in [0.25, 0.3) is 0 Å². The quantitative estimate of drug-likeness (QED) is 0.231. The normalized spacial score (nSPS) is 14.9. The molecule has 1 aliphatic rings. The van der Waals surface area contributed by atoms with Gasteiger partial charge in [-0.05, 0) is 24.6 Å². The number of halogens is 1. The van der Waals surface area contributed by atoms with Gasteiger partial charge in [0, 0.05) is 46.4 Å². The lowest BCUT2D eigenvalue weighted by Crippen LogP contribution is -2.52. The van der Waals surface area contributed by atoms with Crippen LogP contribution in [0.1, 0.15) is 12.5 Å². The Labute approximate surface area is 191 Å². The summed E-state index contributed by atoms with van der Waals surface area (Å²) in [4.78, 5) is 9.38. The molecule has 0 radical (unpaired) electrons. The van der Waals surface area contributed by atoms with Crippen LogP contribution in [0.15, 0.2) is 17.1 Å². The maximum absolute atomic E-state index is 5.46. The highest BCUT2D eigenvalue weighted by molar-refractivity contribution is 14.0. The van der Waals surface area contributed by atoms with E-state index < -0.39 is 0 Å². The smallest absolute Gasteiger partial charge is 0.203 e. The lowest BCUT2D eigenvalue weighted by Gasteiger charge is -2.36. The summed E-state index contributed by atoms with van der Waals surface area (Å²) in [5.41, 5.74) is 1.14. The first kappa shape index (κ1) is 25.6. The van der Waals surface area contributed by atoms with Gasteiger partial charge in [0.2, 0.25) is 5.75 Å². The molecule has 1 aromatic carbocycles. The number of benzene rings is 1. The molecule has 2 rings (SSSR count). The van der Waals surface area contributed by atoms with Crippen molar-refractivity contribution in [1.29, 1.82) is 0 Å². The topological polar surface area (TPSA) is 67.8 Å². The Morgan fingerprint density at radius 2 is 1.62 bits per heavy atom. The van der Waals surface area contributed by atoms with Crippen molar-refractivity contribution in [2.75, 3.05) is 74.3 Å². The van der Waals surface area contributed by atoms with Crippen LogP contribution >= 0.6 is 24.0 Å². The van der Waals surface area contributed by atoms with Crippen LogP contribution in [0.4, 0.5) is 0 Å². The van der Waals surface area contributed by atoms with Gasteiger partial charge in [0.15, 0.2) is 17.5 Å². The van der Waals surface area contributed by atoms with E-state index in [0.717, 1.165) is 50.8 Å². The molecule has 0 unspecified atom stereocenters. The third-order valence-corrected chi connectivity index (χ3v) is 4.69. The number of aliphatic imine (C=N–C) groups is 1. The summed E-state index contributed by atoms with van der Waals surface area (Å²) in [5, 5.41) is 3.37. The molecule has 0 amide bonds. The van der Waals surface area contributed by atoms with Gasteiger partial charge in [-0.15, -0.1) is 24.0 Å². The van der Waals surface area contributed by atoms with Gasteiger partial charge in [0.05, 0.1) is 34.5 Å². The summed E-state index contributed by atoms with van der Waals surface area (Å²) in [6.45, 7) is 8.88. The molecular weight excluding hydrogens is 487 g/mol. The second-order valence-electron chi connectivity index (χ2n) is 6.53. The van der Waals surface area contributed by atoms with Crippen LogP contribution < -0.4 is 19.5 Å². The van der Waals surface area contributed by atoms with Gasteiger partial charge in [-0.25, -0.2) is 0 Å². The molecule has 0 atom stereocenters. The third-order valence-electron chi connectivity index (χ3n) is 4.69. The SMILES string of the molecule is CCNC(=NCCOC)N1CCN(Cc2cc(OC)c(OC)c(OC)c2)CC1.I. The molecule has 29 heavy (non-hydrogen) atoms. The predicted octanol–water partition coefficient (Wildman–Crippen LogP) is 2.06. The summed E-state index contributed by atoms with van der Waals surface area (Å²) >= 11 is 0. The van der Waals surface area contributed by atoms with E-state index in [2.05, 4.69) is 27.0 Å². The number of hydrogen-bond donors (Lipinski definition) is 1. The molecule has 0 saturated carbocycles. The average Bonchev–Trinajstić information content (AvgIpc) is 2.73. The number of piperazine rings is 1. The van der Waals surface area contributed by atoms with Gasteiger partial charge in [-0.1, -0.05) is 0 Å². The van der Waals surface area contributed by atoms with Crippen LogP contribution in [0.5, 0.6) is 17.2 Å². The minimum atomic E-state index is 0. The maximum atomic E-state index is 5.46. The molecule has 0 spiro atoms. The molecule has 1 N–H and O–H groups in total. The molecule has 1 aliphatic heterocycles. The van der Waals surface area contributed by atoms with Gasteiger partial charge in [-0.2, -0.15) is 0 Å². The van der Waals surface area contributed by atoms with E-state index in [0.29, 0.717) is 30.4 Å². The van der Waals surface area contributed by atoms with Crippen molar-refractivity contribution in [3.05, 3.63) is 17.7 Å². The monoisotopic (exact) mass is 522 g/mol. The number of nitrogens with zero attached hydrogens (tertiary/aromatic N) is 3. The minimum Gasteiger partial charge on any atom is -0.493 e. The van der Waals surface area contributed by atoms with E-state index in [-0.39, 0.29) is 24.0 Å². The fourth-order valence-corrected chi connectivity index (χ4v) is 3.27.